The topological polar surface area (TPSA) is 0 Å². The summed E-state index contributed by atoms with van der Waals surface area (Å²) in [5.74, 6) is 2.32. The highest BCUT2D eigenvalue weighted by atomic mass is 127. The maximum atomic E-state index is 2.55. The number of hydrogen-bond acceptors (Lipinski definition) is 0. The predicted molar refractivity (Wildman–Crippen MR) is 97.1 cm³/mol. The summed E-state index contributed by atoms with van der Waals surface area (Å²) in [5, 5.41) is 0. The molecule has 0 nitrogen and oxygen atoms in total. The van der Waals surface area contributed by atoms with E-state index in [9.17, 15) is 0 Å². The van der Waals surface area contributed by atoms with Crippen molar-refractivity contribution < 1.29 is 0 Å². The molecule has 0 aromatic rings. The lowest BCUT2D eigenvalue weighted by Gasteiger charge is -2.32. The molecule has 0 amide bonds. The normalized spacial score (nSPS) is 37.7. The van der Waals surface area contributed by atoms with Gasteiger partial charge in [-0.2, -0.15) is 0 Å². The predicted octanol–water partition coefficient (Wildman–Crippen LogP) is 6.27. The molecule has 100 valence electrons. The van der Waals surface area contributed by atoms with Crippen LogP contribution in [0.4, 0.5) is 0 Å². The van der Waals surface area contributed by atoms with Crippen LogP contribution in [-0.2, 0) is 0 Å². The average molecular weight is 468 g/mol. The number of rotatable bonds is 1. The van der Waals surface area contributed by atoms with E-state index in [0.29, 0.717) is 5.41 Å². The van der Waals surface area contributed by atoms with E-state index in [4.69, 9.17) is 0 Å². The van der Waals surface area contributed by atoms with Gasteiger partial charge in [0, 0.05) is 3.58 Å². The first-order valence-corrected chi connectivity index (χ1v) is 8.93. The molecule has 18 heavy (non-hydrogen) atoms. The largest absolute Gasteiger partial charge is 0.0743 e. The molecular weight excluding hydrogens is 446 g/mol. The Morgan fingerprint density at radius 1 is 1.44 bits per heavy atom. The van der Waals surface area contributed by atoms with Gasteiger partial charge in [0.2, 0.25) is 0 Å². The number of hydrogen-bond donors (Lipinski definition) is 0. The van der Waals surface area contributed by atoms with Gasteiger partial charge in [-0.05, 0) is 97.8 Å². The molecule has 1 saturated carbocycles. The van der Waals surface area contributed by atoms with Crippen molar-refractivity contribution in [3.63, 3.8) is 0 Å². The number of halogens is 2. The van der Waals surface area contributed by atoms with Crippen molar-refractivity contribution in [1.82, 2.24) is 0 Å². The Morgan fingerprint density at radius 2 is 2.11 bits per heavy atom. The Morgan fingerprint density at radius 3 is 2.72 bits per heavy atom. The Balaban J connectivity index is 2.44. The second kappa shape index (κ2) is 5.58. The molecule has 2 heteroatoms. The molecule has 0 radical (unpaired) electrons. The molecule has 1 fully saturated rings. The van der Waals surface area contributed by atoms with Gasteiger partial charge >= 0.3 is 0 Å². The van der Waals surface area contributed by atoms with Gasteiger partial charge in [-0.15, -0.1) is 0 Å². The summed E-state index contributed by atoms with van der Waals surface area (Å²) >= 11 is 4.97. The van der Waals surface area contributed by atoms with Crippen molar-refractivity contribution in [2.45, 2.75) is 40.5 Å². The minimum absolute atomic E-state index is 0.320. The van der Waals surface area contributed by atoms with Crippen molar-refractivity contribution in [2.75, 3.05) is 0 Å². The lowest BCUT2D eigenvalue weighted by atomic mass is 9.74. The van der Waals surface area contributed by atoms with Gasteiger partial charge in [0.05, 0.1) is 0 Å². The standard InChI is InChI=1S/C16H22I2/c1-5-11(17)8-14-10(2)13-7-6-12(18)9-15(13)16(14,3)4/h5,8-10,13,15H,6-7H2,1-4H3/b11-5+,14-8+. The molecule has 3 unspecified atom stereocenters. The van der Waals surface area contributed by atoms with E-state index < -0.39 is 0 Å². The van der Waals surface area contributed by atoms with E-state index in [-0.39, 0.29) is 0 Å². The summed E-state index contributed by atoms with van der Waals surface area (Å²) in [6.07, 6.45) is 9.85. The lowest BCUT2D eigenvalue weighted by Crippen LogP contribution is -2.23. The molecule has 0 heterocycles. The molecule has 3 atom stereocenters. The zero-order valence-electron chi connectivity index (χ0n) is 11.6. The Kier molecular flexibility index (Phi) is 4.68. The highest BCUT2D eigenvalue weighted by molar-refractivity contribution is 14.1. The molecule has 0 aliphatic heterocycles. The van der Waals surface area contributed by atoms with Crippen LogP contribution in [0.3, 0.4) is 0 Å². The van der Waals surface area contributed by atoms with E-state index >= 15 is 0 Å². The van der Waals surface area contributed by atoms with Gasteiger partial charge in [-0.1, -0.05) is 38.5 Å². The third kappa shape index (κ3) is 2.60. The number of allylic oxidation sites excluding steroid dienone is 6. The lowest BCUT2D eigenvalue weighted by molar-refractivity contribution is 0.263. The zero-order chi connectivity index (χ0) is 13.5. The van der Waals surface area contributed by atoms with Crippen molar-refractivity contribution in [1.29, 1.82) is 0 Å². The molecule has 2 aliphatic carbocycles. The van der Waals surface area contributed by atoms with Gasteiger partial charge in [0.1, 0.15) is 0 Å². The van der Waals surface area contributed by atoms with E-state index in [1.807, 2.05) is 0 Å². The molecule has 0 spiro atoms. The summed E-state index contributed by atoms with van der Waals surface area (Å²) in [5.41, 5.74) is 1.97. The summed E-state index contributed by atoms with van der Waals surface area (Å²) in [6, 6.07) is 0. The molecule has 0 aromatic heterocycles. The van der Waals surface area contributed by atoms with Crippen LogP contribution in [0.25, 0.3) is 0 Å². The first-order chi connectivity index (χ1) is 8.37. The van der Waals surface area contributed by atoms with Crippen molar-refractivity contribution in [3.8, 4) is 0 Å². The monoisotopic (exact) mass is 468 g/mol. The fourth-order valence-corrected chi connectivity index (χ4v) is 4.78. The summed E-state index contributed by atoms with van der Waals surface area (Å²) in [7, 11) is 0. The molecule has 2 rings (SSSR count). The van der Waals surface area contributed by atoms with Gasteiger partial charge < -0.3 is 0 Å². The second-order valence-electron chi connectivity index (χ2n) is 6.13. The first-order valence-electron chi connectivity index (χ1n) is 6.78. The smallest absolute Gasteiger partial charge is 0.00870 e. The molecular formula is C16H22I2. The van der Waals surface area contributed by atoms with Crippen LogP contribution in [0.2, 0.25) is 0 Å². The number of fused-ring (bicyclic) bond motifs is 1. The molecule has 0 aromatic carbocycles. The van der Waals surface area contributed by atoms with Gasteiger partial charge in [-0.25, -0.2) is 0 Å². The van der Waals surface area contributed by atoms with Crippen molar-refractivity contribution >= 4 is 45.2 Å². The highest BCUT2D eigenvalue weighted by Crippen LogP contribution is 2.58. The van der Waals surface area contributed by atoms with E-state index in [1.54, 1.807) is 9.15 Å². The van der Waals surface area contributed by atoms with Crippen LogP contribution in [0.1, 0.15) is 40.5 Å². The van der Waals surface area contributed by atoms with Crippen LogP contribution >= 0.6 is 45.2 Å². The molecule has 0 saturated heterocycles. The third-order valence-corrected chi connectivity index (χ3v) is 6.65. The van der Waals surface area contributed by atoms with Crippen molar-refractivity contribution in [3.05, 3.63) is 31.0 Å². The Hall–Kier alpha value is 0.680. The molecule has 0 N–H and O–H groups in total. The quantitative estimate of drug-likeness (QED) is 0.398. The summed E-state index contributed by atoms with van der Waals surface area (Å²) < 4.78 is 2.94. The van der Waals surface area contributed by atoms with Gasteiger partial charge in [0.25, 0.3) is 0 Å². The maximum absolute atomic E-state index is 2.55. The fraction of sp³-hybridized carbons (Fsp3) is 0.625. The molecule has 0 bridgehead atoms. The maximum Gasteiger partial charge on any atom is 0.00870 e. The SMILES string of the molecule is C/C=C(I)\C=C1/C(C)C2CCC(I)=CC2C1(C)C. The average Bonchev–Trinajstić information content (AvgIpc) is 2.50. The summed E-state index contributed by atoms with van der Waals surface area (Å²) in [4.78, 5) is 0. The van der Waals surface area contributed by atoms with Gasteiger partial charge in [0.15, 0.2) is 0 Å². The van der Waals surface area contributed by atoms with E-state index in [2.05, 4.69) is 91.1 Å². The van der Waals surface area contributed by atoms with E-state index in [0.717, 1.165) is 17.8 Å². The van der Waals surface area contributed by atoms with Crippen LogP contribution in [-0.4, -0.2) is 0 Å². The minimum atomic E-state index is 0.320. The first kappa shape index (κ1) is 15.1. The van der Waals surface area contributed by atoms with Crippen LogP contribution in [0.15, 0.2) is 31.0 Å². The fourth-order valence-electron chi connectivity index (χ4n) is 3.75. The Bertz CT molecular complexity index is 426. The third-order valence-electron chi connectivity index (χ3n) is 4.82. The second-order valence-corrected chi connectivity index (χ2v) is 8.76. The Labute approximate surface area is 139 Å². The van der Waals surface area contributed by atoms with Crippen LogP contribution in [0.5, 0.6) is 0 Å². The van der Waals surface area contributed by atoms with Crippen LogP contribution in [0, 0.1) is 23.2 Å². The van der Waals surface area contributed by atoms with Crippen LogP contribution < -0.4 is 0 Å². The molecule has 2 aliphatic rings. The van der Waals surface area contributed by atoms with E-state index in [1.165, 1.54) is 16.4 Å². The minimum Gasteiger partial charge on any atom is -0.0743 e. The van der Waals surface area contributed by atoms with Crippen molar-refractivity contribution in [2.24, 2.45) is 23.2 Å². The summed E-state index contributed by atoms with van der Waals surface area (Å²) in [6.45, 7) is 9.43. The van der Waals surface area contributed by atoms with Gasteiger partial charge in [-0.3, -0.25) is 0 Å². The zero-order valence-corrected chi connectivity index (χ0v) is 15.9. The highest BCUT2D eigenvalue weighted by Gasteiger charge is 2.49.